The molecule has 2 rings (SSSR count). The molecule has 5 heteroatoms. The third-order valence-electron chi connectivity index (χ3n) is 3.54. The standard InChI is InChI=1S/C12H21NO4/c13-6-3-9-7-10(8-11(14)15)17-12(16-9)4-1-2-5-12/h9-10H,1-8,13H2,(H,14,15)/t9?,10-/m1/s1. The second-order valence-corrected chi connectivity index (χ2v) is 5.01. The zero-order valence-electron chi connectivity index (χ0n) is 10.1. The Morgan fingerprint density at radius 3 is 2.53 bits per heavy atom. The van der Waals surface area contributed by atoms with Crippen LogP contribution in [-0.4, -0.2) is 35.6 Å². The Labute approximate surface area is 101 Å². The normalized spacial score (nSPS) is 31.8. The van der Waals surface area contributed by atoms with Gasteiger partial charge in [-0.15, -0.1) is 0 Å². The van der Waals surface area contributed by atoms with Gasteiger partial charge in [0.15, 0.2) is 5.79 Å². The number of carbonyl (C=O) groups is 1. The number of carboxylic acids is 1. The molecule has 2 atom stereocenters. The third-order valence-corrected chi connectivity index (χ3v) is 3.54. The Kier molecular flexibility index (Phi) is 4.01. The maximum atomic E-state index is 10.8. The zero-order chi connectivity index (χ0) is 12.3. The van der Waals surface area contributed by atoms with Gasteiger partial charge in [0, 0.05) is 19.3 Å². The van der Waals surface area contributed by atoms with E-state index in [-0.39, 0.29) is 18.6 Å². The molecule has 17 heavy (non-hydrogen) atoms. The lowest BCUT2D eigenvalue weighted by Crippen LogP contribution is -2.47. The van der Waals surface area contributed by atoms with Crippen LogP contribution in [0, 0.1) is 0 Å². The molecule has 3 N–H and O–H groups in total. The van der Waals surface area contributed by atoms with Crippen molar-refractivity contribution in [3.63, 3.8) is 0 Å². The van der Waals surface area contributed by atoms with Crippen LogP contribution in [0.4, 0.5) is 0 Å². The van der Waals surface area contributed by atoms with Gasteiger partial charge < -0.3 is 20.3 Å². The van der Waals surface area contributed by atoms with Crippen molar-refractivity contribution in [3.8, 4) is 0 Å². The first-order chi connectivity index (χ1) is 8.13. The van der Waals surface area contributed by atoms with Crippen LogP contribution in [-0.2, 0) is 14.3 Å². The summed E-state index contributed by atoms with van der Waals surface area (Å²) in [5.74, 6) is -1.32. The molecule has 2 fully saturated rings. The third kappa shape index (κ3) is 3.18. The van der Waals surface area contributed by atoms with Crippen molar-refractivity contribution in [1.29, 1.82) is 0 Å². The Morgan fingerprint density at radius 2 is 1.94 bits per heavy atom. The molecule has 1 saturated heterocycles. The van der Waals surface area contributed by atoms with E-state index >= 15 is 0 Å². The van der Waals surface area contributed by atoms with Gasteiger partial charge in [0.1, 0.15) is 0 Å². The highest BCUT2D eigenvalue weighted by Crippen LogP contribution is 2.41. The average molecular weight is 243 g/mol. The number of hydrogen-bond acceptors (Lipinski definition) is 4. The minimum Gasteiger partial charge on any atom is -0.481 e. The number of ether oxygens (including phenoxy) is 2. The fraction of sp³-hybridized carbons (Fsp3) is 0.917. The number of carboxylic acid groups (broad SMARTS) is 1. The molecule has 0 radical (unpaired) electrons. The molecule has 0 bridgehead atoms. The Hall–Kier alpha value is -0.650. The summed E-state index contributed by atoms with van der Waals surface area (Å²) < 4.78 is 11.9. The van der Waals surface area contributed by atoms with Crippen molar-refractivity contribution < 1.29 is 19.4 Å². The SMILES string of the molecule is NCCC1C[C@H](CC(=O)O)OC2(CCCC2)O1. The smallest absolute Gasteiger partial charge is 0.305 e. The van der Waals surface area contributed by atoms with E-state index in [1.54, 1.807) is 0 Å². The van der Waals surface area contributed by atoms with Crippen molar-refractivity contribution >= 4 is 5.97 Å². The van der Waals surface area contributed by atoms with Crippen LogP contribution < -0.4 is 5.73 Å². The quantitative estimate of drug-likeness (QED) is 0.776. The summed E-state index contributed by atoms with van der Waals surface area (Å²) in [6.07, 6.45) is 5.25. The van der Waals surface area contributed by atoms with Gasteiger partial charge in [-0.1, -0.05) is 0 Å². The van der Waals surface area contributed by atoms with Gasteiger partial charge >= 0.3 is 5.97 Å². The first-order valence-corrected chi connectivity index (χ1v) is 6.41. The molecule has 5 nitrogen and oxygen atoms in total. The molecule has 0 aromatic rings. The maximum absolute atomic E-state index is 10.8. The highest BCUT2D eigenvalue weighted by Gasteiger charge is 2.44. The summed E-state index contributed by atoms with van der Waals surface area (Å²) in [6, 6.07) is 0. The summed E-state index contributed by atoms with van der Waals surface area (Å²) in [5, 5.41) is 8.87. The van der Waals surface area contributed by atoms with Crippen LogP contribution in [0.3, 0.4) is 0 Å². The molecule has 2 aliphatic rings. The van der Waals surface area contributed by atoms with Crippen LogP contribution in [0.5, 0.6) is 0 Å². The molecule has 1 aliphatic heterocycles. The molecular weight excluding hydrogens is 222 g/mol. The summed E-state index contributed by atoms with van der Waals surface area (Å²) in [4.78, 5) is 10.8. The van der Waals surface area contributed by atoms with Gasteiger partial charge in [-0.2, -0.15) is 0 Å². The Bertz CT molecular complexity index is 276. The van der Waals surface area contributed by atoms with Gasteiger partial charge in [-0.05, 0) is 25.8 Å². The molecule has 1 saturated carbocycles. The van der Waals surface area contributed by atoms with Crippen molar-refractivity contribution in [3.05, 3.63) is 0 Å². The molecule has 0 aromatic carbocycles. The van der Waals surface area contributed by atoms with E-state index in [4.69, 9.17) is 20.3 Å². The maximum Gasteiger partial charge on any atom is 0.305 e. The summed E-state index contributed by atoms with van der Waals surface area (Å²) >= 11 is 0. The lowest BCUT2D eigenvalue weighted by molar-refractivity contribution is -0.314. The number of rotatable bonds is 4. The van der Waals surface area contributed by atoms with Crippen LogP contribution in [0.2, 0.25) is 0 Å². The van der Waals surface area contributed by atoms with Crippen LogP contribution >= 0.6 is 0 Å². The van der Waals surface area contributed by atoms with E-state index in [0.29, 0.717) is 13.0 Å². The van der Waals surface area contributed by atoms with Crippen molar-refractivity contribution in [2.75, 3.05) is 6.54 Å². The highest BCUT2D eigenvalue weighted by atomic mass is 16.7. The summed E-state index contributed by atoms with van der Waals surface area (Å²) in [6.45, 7) is 0.570. The van der Waals surface area contributed by atoms with Gasteiger partial charge in [0.25, 0.3) is 0 Å². The lowest BCUT2D eigenvalue weighted by atomic mass is 10.0. The van der Waals surface area contributed by atoms with Gasteiger partial charge in [0.2, 0.25) is 0 Å². The molecule has 1 spiro atoms. The highest BCUT2D eigenvalue weighted by molar-refractivity contribution is 5.67. The zero-order valence-corrected chi connectivity index (χ0v) is 10.1. The second-order valence-electron chi connectivity index (χ2n) is 5.01. The Morgan fingerprint density at radius 1 is 1.29 bits per heavy atom. The van der Waals surface area contributed by atoms with E-state index < -0.39 is 11.8 Å². The largest absolute Gasteiger partial charge is 0.481 e. The van der Waals surface area contributed by atoms with Crippen molar-refractivity contribution in [1.82, 2.24) is 0 Å². The van der Waals surface area contributed by atoms with Crippen LogP contribution in [0.1, 0.15) is 44.9 Å². The van der Waals surface area contributed by atoms with E-state index in [2.05, 4.69) is 0 Å². The molecular formula is C12H21NO4. The topological polar surface area (TPSA) is 81.8 Å². The fourth-order valence-corrected chi connectivity index (χ4v) is 2.86. The van der Waals surface area contributed by atoms with Gasteiger partial charge in [-0.3, -0.25) is 4.79 Å². The number of aliphatic carboxylic acids is 1. The minimum absolute atomic E-state index is 0.0520. The molecule has 1 heterocycles. The predicted molar refractivity (Wildman–Crippen MR) is 61.5 cm³/mol. The molecule has 0 amide bonds. The predicted octanol–water partition coefficient (Wildman–Crippen LogP) is 1.25. The summed E-state index contributed by atoms with van der Waals surface area (Å²) in [7, 11) is 0. The van der Waals surface area contributed by atoms with E-state index in [1.165, 1.54) is 0 Å². The van der Waals surface area contributed by atoms with Crippen LogP contribution in [0.25, 0.3) is 0 Å². The van der Waals surface area contributed by atoms with E-state index in [9.17, 15) is 4.79 Å². The lowest BCUT2D eigenvalue weighted by Gasteiger charge is -2.42. The summed E-state index contributed by atoms with van der Waals surface area (Å²) in [5.41, 5.74) is 5.56. The molecule has 1 aliphatic carbocycles. The van der Waals surface area contributed by atoms with Crippen molar-refractivity contribution in [2.45, 2.75) is 62.9 Å². The number of nitrogens with two attached hydrogens (primary N) is 1. The van der Waals surface area contributed by atoms with Crippen LogP contribution in [0.15, 0.2) is 0 Å². The van der Waals surface area contributed by atoms with E-state index in [0.717, 1.165) is 32.1 Å². The molecule has 1 unspecified atom stereocenters. The monoisotopic (exact) mass is 243 g/mol. The first-order valence-electron chi connectivity index (χ1n) is 6.41. The minimum atomic E-state index is -0.809. The van der Waals surface area contributed by atoms with Gasteiger partial charge in [0.05, 0.1) is 18.6 Å². The molecule has 98 valence electrons. The first kappa shape index (κ1) is 12.8. The van der Waals surface area contributed by atoms with Gasteiger partial charge in [-0.25, -0.2) is 0 Å². The van der Waals surface area contributed by atoms with Crippen molar-refractivity contribution in [2.24, 2.45) is 5.73 Å². The van der Waals surface area contributed by atoms with E-state index in [1.807, 2.05) is 0 Å². The fourth-order valence-electron chi connectivity index (χ4n) is 2.86. The second kappa shape index (κ2) is 5.33. The molecule has 0 aromatic heterocycles. The average Bonchev–Trinajstić information content (AvgIpc) is 2.64. The number of hydrogen-bond donors (Lipinski definition) is 2. The Balaban J connectivity index is 2.01.